The lowest BCUT2D eigenvalue weighted by Crippen LogP contribution is -2.22. The van der Waals surface area contributed by atoms with Crippen molar-refractivity contribution in [2.24, 2.45) is 0 Å². The maximum absolute atomic E-state index is 12.7. The molecule has 0 saturated carbocycles. The predicted octanol–water partition coefficient (Wildman–Crippen LogP) is 2.30. The van der Waals surface area contributed by atoms with Gasteiger partial charge in [-0.3, -0.25) is 9.36 Å². The van der Waals surface area contributed by atoms with Gasteiger partial charge in [0.2, 0.25) is 5.95 Å². The van der Waals surface area contributed by atoms with E-state index in [4.69, 9.17) is 11.0 Å². The number of nitrogen functional groups attached to an aromatic ring is 1. The number of hydrogen-bond acceptors (Lipinski definition) is 6. The number of thiophene rings is 1. The monoisotopic (exact) mass is 311 g/mol. The van der Waals surface area contributed by atoms with Crippen LogP contribution in [0.4, 0.5) is 5.95 Å². The van der Waals surface area contributed by atoms with E-state index in [-0.39, 0.29) is 11.5 Å². The predicted molar refractivity (Wildman–Crippen MR) is 86.6 cm³/mol. The van der Waals surface area contributed by atoms with Gasteiger partial charge >= 0.3 is 0 Å². The number of nitrogens with two attached hydrogens (primary N) is 1. The molecule has 0 aromatic carbocycles. The molecule has 6 nitrogen and oxygen atoms in total. The van der Waals surface area contributed by atoms with Gasteiger partial charge in [0.25, 0.3) is 5.56 Å². The second-order valence-corrected chi connectivity index (χ2v) is 5.87. The summed E-state index contributed by atoms with van der Waals surface area (Å²) in [6, 6.07) is 7.38. The number of hydrogen-bond donors (Lipinski definition) is 1. The molecule has 3 rings (SSSR count). The van der Waals surface area contributed by atoms with Crippen molar-refractivity contribution in [3.8, 4) is 16.5 Å². The molecule has 0 aliphatic carbocycles. The van der Waals surface area contributed by atoms with Crippen molar-refractivity contribution in [1.82, 2.24) is 14.5 Å². The summed E-state index contributed by atoms with van der Waals surface area (Å²) in [5.41, 5.74) is 7.38. The zero-order valence-corrected chi connectivity index (χ0v) is 12.9. The largest absolute Gasteiger partial charge is 0.368 e. The summed E-state index contributed by atoms with van der Waals surface area (Å²) in [4.78, 5) is 22.4. The van der Waals surface area contributed by atoms with Crippen LogP contribution in [0.25, 0.3) is 21.5 Å². The molecule has 0 radical (unpaired) electrons. The van der Waals surface area contributed by atoms with E-state index in [9.17, 15) is 4.79 Å². The van der Waals surface area contributed by atoms with Crippen LogP contribution in [-0.4, -0.2) is 14.5 Å². The molecule has 3 heterocycles. The van der Waals surface area contributed by atoms with Crippen molar-refractivity contribution < 1.29 is 0 Å². The summed E-state index contributed by atoms with van der Waals surface area (Å²) in [6.45, 7) is 4.20. The lowest BCUT2D eigenvalue weighted by atomic mass is 10.1. The van der Waals surface area contributed by atoms with Gasteiger partial charge in [0, 0.05) is 16.8 Å². The molecule has 22 heavy (non-hydrogen) atoms. The van der Waals surface area contributed by atoms with Crippen molar-refractivity contribution in [1.29, 1.82) is 5.26 Å². The lowest BCUT2D eigenvalue weighted by Gasteiger charge is -2.11. The zero-order valence-electron chi connectivity index (χ0n) is 12.1. The van der Waals surface area contributed by atoms with Gasteiger partial charge in [-0.1, -0.05) is 0 Å². The Kier molecular flexibility index (Phi) is 3.39. The maximum atomic E-state index is 12.7. The van der Waals surface area contributed by atoms with Crippen molar-refractivity contribution in [3.05, 3.63) is 39.1 Å². The molecule has 0 aliphatic heterocycles. The average Bonchev–Trinajstić information content (AvgIpc) is 2.95. The smallest absolute Gasteiger partial charge is 0.260 e. The first-order valence-electron chi connectivity index (χ1n) is 6.73. The summed E-state index contributed by atoms with van der Waals surface area (Å²) in [5, 5.41) is 9.75. The Labute approximate surface area is 130 Å². The number of aromatic nitrogens is 3. The van der Waals surface area contributed by atoms with Crippen LogP contribution in [0, 0.1) is 18.3 Å². The molecule has 110 valence electrons. The molecule has 0 atom stereocenters. The summed E-state index contributed by atoms with van der Waals surface area (Å²) in [6.07, 6.45) is 0. The number of pyridine rings is 1. The van der Waals surface area contributed by atoms with Crippen molar-refractivity contribution >= 4 is 28.3 Å². The lowest BCUT2D eigenvalue weighted by molar-refractivity contribution is 0.750. The molecule has 0 aliphatic rings. The normalized spacial score (nSPS) is 10.8. The number of anilines is 1. The van der Waals surface area contributed by atoms with Gasteiger partial charge in [0.05, 0.1) is 11.3 Å². The van der Waals surface area contributed by atoms with E-state index in [1.165, 1.54) is 11.3 Å². The minimum absolute atomic E-state index is 0.140. The van der Waals surface area contributed by atoms with E-state index in [1.54, 1.807) is 22.8 Å². The van der Waals surface area contributed by atoms with Gasteiger partial charge < -0.3 is 5.73 Å². The van der Waals surface area contributed by atoms with Crippen LogP contribution in [-0.2, 0) is 6.54 Å². The van der Waals surface area contributed by atoms with Crippen LogP contribution in [0.5, 0.6) is 0 Å². The summed E-state index contributed by atoms with van der Waals surface area (Å²) < 4.78 is 1.58. The van der Waals surface area contributed by atoms with Crippen LogP contribution in [0.1, 0.15) is 17.5 Å². The van der Waals surface area contributed by atoms with Gasteiger partial charge in [-0.15, -0.1) is 11.3 Å². The van der Waals surface area contributed by atoms with E-state index < -0.39 is 0 Å². The first kappa shape index (κ1) is 14.2. The number of nitrogens with zero attached hydrogens (tertiary/aromatic N) is 4. The summed E-state index contributed by atoms with van der Waals surface area (Å²) in [7, 11) is 0. The van der Waals surface area contributed by atoms with Crippen molar-refractivity contribution in [2.75, 3.05) is 5.73 Å². The molecule has 0 bridgehead atoms. The van der Waals surface area contributed by atoms with E-state index in [2.05, 4.69) is 16.0 Å². The Morgan fingerprint density at radius 1 is 1.41 bits per heavy atom. The topological polar surface area (TPSA) is 97.6 Å². The van der Waals surface area contributed by atoms with Crippen molar-refractivity contribution in [3.63, 3.8) is 0 Å². The summed E-state index contributed by atoms with van der Waals surface area (Å²) in [5.74, 6) is 0.155. The standard InChI is InChI=1S/C15H13N5OS/c1-3-20-13-10(8(2)18-15(17)19-13)6-11(14(20)21)12-5-4-9(7-16)22-12/h4-6H,3H2,1-2H3,(H2,17,18,19). The van der Waals surface area contributed by atoms with Crippen LogP contribution in [0.3, 0.4) is 0 Å². The molecule has 0 fully saturated rings. The third-order valence-corrected chi connectivity index (χ3v) is 4.47. The van der Waals surface area contributed by atoms with Crippen LogP contribution >= 0.6 is 11.3 Å². The van der Waals surface area contributed by atoms with E-state index >= 15 is 0 Å². The van der Waals surface area contributed by atoms with Crippen molar-refractivity contribution in [2.45, 2.75) is 20.4 Å². The quantitative estimate of drug-likeness (QED) is 0.783. The fraction of sp³-hybridized carbons (Fsp3) is 0.200. The molecule has 0 amide bonds. The molecular formula is C15H13N5OS. The highest BCUT2D eigenvalue weighted by molar-refractivity contribution is 7.16. The Bertz CT molecular complexity index is 980. The fourth-order valence-electron chi connectivity index (χ4n) is 2.42. The van der Waals surface area contributed by atoms with Gasteiger partial charge in [-0.2, -0.15) is 10.2 Å². The molecule has 2 N–H and O–H groups in total. The first-order valence-corrected chi connectivity index (χ1v) is 7.54. The van der Waals surface area contributed by atoms with Crippen LogP contribution in [0.2, 0.25) is 0 Å². The molecule has 7 heteroatoms. The second-order valence-electron chi connectivity index (χ2n) is 4.79. The molecule has 0 spiro atoms. The second kappa shape index (κ2) is 5.24. The third-order valence-electron chi connectivity index (χ3n) is 3.45. The van der Waals surface area contributed by atoms with Crippen LogP contribution in [0.15, 0.2) is 23.0 Å². The molecule has 0 saturated heterocycles. The van der Waals surface area contributed by atoms with Gasteiger partial charge in [-0.25, -0.2) is 4.98 Å². The number of rotatable bonds is 2. The highest BCUT2D eigenvalue weighted by Crippen LogP contribution is 2.28. The third kappa shape index (κ3) is 2.14. The fourth-order valence-corrected chi connectivity index (χ4v) is 3.23. The Morgan fingerprint density at radius 3 is 2.82 bits per heavy atom. The highest BCUT2D eigenvalue weighted by atomic mass is 32.1. The average molecular weight is 311 g/mol. The van der Waals surface area contributed by atoms with E-state index in [0.29, 0.717) is 22.6 Å². The van der Waals surface area contributed by atoms with Gasteiger partial charge in [-0.05, 0) is 32.0 Å². The number of aryl methyl sites for hydroxylation is 2. The minimum Gasteiger partial charge on any atom is -0.368 e. The molecule has 0 unspecified atom stereocenters. The minimum atomic E-state index is -0.140. The Balaban J connectivity index is 2.40. The highest BCUT2D eigenvalue weighted by Gasteiger charge is 2.15. The van der Waals surface area contributed by atoms with Gasteiger partial charge in [0.1, 0.15) is 16.6 Å². The maximum Gasteiger partial charge on any atom is 0.260 e. The Morgan fingerprint density at radius 2 is 2.18 bits per heavy atom. The summed E-state index contributed by atoms with van der Waals surface area (Å²) >= 11 is 1.30. The molecule has 3 aromatic rings. The van der Waals surface area contributed by atoms with E-state index in [1.807, 2.05) is 13.8 Å². The Hall–Kier alpha value is -2.72. The van der Waals surface area contributed by atoms with Crippen LogP contribution < -0.4 is 11.3 Å². The van der Waals surface area contributed by atoms with E-state index in [0.717, 1.165) is 16.0 Å². The molecular weight excluding hydrogens is 298 g/mol. The molecule has 3 aromatic heterocycles. The number of fused-ring (bicyclic) bond motifs is 1. The number of nitriles is 1. The zero-order chi connectivity index (χ0) is 15.9. The SMILES string of the molecule is CCn1c(=O)c(-c2ccc(C#N)s2)cc2c(C)nc(N)nc21. The van der Waals surface area contributed by atoms with Gasteiger partial charge in [0.15, 0.2) is 0 Å². The first-order chi connectivity index (χ1) is 10.5.